The lowest BCUT2D eigenvalue weighted by Gasteiger charge is -2.41. The van der Waals surface area contributed by atoms with Crippen LogP contribution >= 0.6 is 0 Å². The molecule has 1 aliphatic rings. The Labute approximate surface area is 111 Å². The molecule has 1 fully saturated rings. The summed E-state index contributed by atoms with van der Waals surface area (Å²) in [7, 11) is 0. The highest BCUT2D eigenvalue weighted by molar-refractivity contribution is 4.88. The first-order valence-corrected chi connectivity index (χ1v) is 7.28. The quantitative estimate of drug-likeness (QED) is 0.888. The van der Waals surface area contributed by atoms with Crippen LogP contribution in [0.5, 0.6) is 0 Å². The van der Waals surface area contributed by atoms with E-state index in [0.717, 1.165) is 19.0 Å². The standard InChI is InChI=1S/C15H27N3/c1-15(2,3)13-7-4-5-8-14(13)16-10-12-18-11-6-9-17-18/h6,9,11,13-14,16H,4-5,7-8,10,12H2,1-3H3/t13-,14-/m0/s1. The van der Waals surface area contributed by atoms with Gasteiger partial charge in [-0.25, -0.2) is 0 Å². The minimum Gasteiger partial charge on any atom is -0.312 e. The van der Waals surface area contributed by atoms with Crippen LogP contribution < -0.4 is 5.32 Å². The van der Waals surface area contributed by atoms with Crippen molar-refractivity contribution in [3.63, 3.8) is 0 Å². The molecule has 1 aromatic rings. The van der Waals surface area contributed by atoms with E-state index in [9.17, 15) is 0 Å². The SMILES string of the molecule is CC(C)(C)[C@H]1CCCC[C@@H]1NCCn1cccn1. The molecule has 1 aliphatic carbocycles. The van der Waals surface area contributed by atoms with Gasteiger partial charge in [0.05, 0.1) is 6.54 Å². The van der Waals surface area contributed by atoms with Gasteiger partial charge in [0.25, 0.3) is 0 Å². The molecule has 0 spiro atoms. The second kappa shape index (κ2) is 5.87. The summed E-state index contributed by atoms with van der Waals surface area (Å²) in [5.41, 5.74) is 0.420. The molecule has 2 atom stereocenters. The Balaban J connectivity index is 1.82. The van der Waals surface area contributed by atoms with E-state index in [1.54, 1.807) is 0 Å². The smallest absolute Gasteiger partial charge is 0.0534 e. The Morgan fingerprint density at radius 2 is 2.06 bits per heavy atom. The van der Waals surface area contributed by atoms with E-state index in [-0.39, 0.29) is 0 Å². The molecular formula is C15H27N3. The van der Waals surface area contributed by atoms with Crippen LogP contribution in [0.2, 0.25) is 0 Å². The van der Waals surface area contributed by atoms with Crippen LogP contribution in [0.4, 0.5) is 0 Å². The van der Waals surface area contributed by atoms with Gasteiger partial charge < -0.3 is 5.32 Å². The highest BCUT2D eigenvalue weighted by Crippen LogP contribution is 2.37. The Bertz CT molecular complexity index is 337. The van der Waals surface area contributed by atoms with Gasteiger partial charge in [0.2, 0.25) is 0 Å². The van der Waals surface area contributed by atoms with E-state index >= 15 is 0 Å². The summed E-state index contributed by atoms with van der Waals surface area (Å²) in [5, 5.41) is 8.00. The highest BCUT2D eigenvalue weighted by Gasteiger charge is 2.33. The maximum Gasteiger partial charge on any atom is 0.0534 e. The Kier molecular flexibility index (Phi) is 4.44. The summed E-state index contributed by atoms with van der Waals surface area (Å²) in [6.07, 6.45) is 9.37. The molecule has 0 aromatic carbocycles. The third-order valence-electron chi connectivity index (χ3n) is 4.18. The molecule has 18 heavy (non-hydrogen) atoms. The van der Waals surface area contributed by atoms with Crippen molar-refractivity contribution in [3.8, 4) is 0 Å². The predicted molar refractivity (Wildman–Crippen MR) is 75.4 cm³/mol. The minimum atomic E-state index is 0.420. The van der Waals surface area contributed by atoms with Crippen LogP contribution in [0.15, 0.2) is 18.5 Å². The summed E-state index contributed by atoms with van der Waals surface area (Å²) in [5.74, 6) is 0.809. The molecule has 3 nitrogen and oxygen atoms in total. The topological polar surface area (TPSA) is 29.9 Å². The molecule has 0 unspecified atom stereocenters. The fourth-order valence-electron chi connectivity index (χ4n) is 3.21. The van der Waals surface area contributed by atoms with Crippen LogP contribution in [0, 0.1) is 11.3 Å². The van der Waals surface area contributed by atoms with Crippen LogP contribution in [0.1, 0.15) is 46.5 Å². The summed E-state index contributed by atoms with van der Waals surface area (Å²) < 4.78 is 2.00. The molecule has 0 radical (unpaired) electrons. The fraction of sp³-hybridized carbons (Fsp3) is 0.800. The maximum absolute atomic E-state index is 4.24. The van der Waals surface area contributed by atoms with Crippen molar-refractivity contribution in [3.05, 3.63) is 18.5 Å². The lowest BCUT2D eigenvalue weighted by Crippen LogP contribution is -2.45. The summed E-state index contributed by atoms with van der Waals surface area (Å²) in [6.45, 7) is 9.14. The Hall–Kier alpha value is -0.830. The van der Waals surface area contributed by atoms with Gasteiger partial charge in [0.15, 0.2) is 0 Å². The molecule has 1 N–H and O–H groups in total. The molecule has 2 rings (SSSR count). The normalized spacial score (nSPS) is 25.3. The van der Waals surface area contributed by atoms with Crippen molar-refractivity contribution in [1.82, 2.24) is 15.1 Å². The Morgan fingerprint density at radius 3 is 2.72 bits per heavy atom. The maximum atomic E-state index is 4.24. The average Bonchev–Trinajstić information content (AvgIpc) is 2.81. The first-order valence-electron chi connectivity index (χ1n) is 7.28. The van der Waals surface area contributed by atoms with Crippen molar-refractivity contribution in [2.24, 2.45) is 11.3 Å². The molecule has 0 amide bonds. The molecule has 3 heteroatoms. The predicted octanol–water partition coefficient (Wildman–Crippen LogP) is 3.08. The number of nitrogens with zero attached hydrogens (tertiary/aromatic N) is 2. The third kappa shape index (κ3) is 3.58. The van der Waals surface area contributed by atoms with Crippen molar-refractivity contribution in [1.29, 1.82) is 0 Å². The molecular weight excluding hydrogens is 222 g/mol. The van der Waals surface area contributed by atoms with Gasteiger partial charge in [0, 0.05) is 25.0 Å². The van der Waals surface area contributed by atoms with Crippen LogP contribution in [0.25, 0.3) is 0 Å². The lowest BCUT2D eigenvalue weighted by atomic mass is 9.69. The monoisotopic (exact) mass is 249 g/mol. The molecule has 1 saturated carbocycles. The minimum absolute atomic E-state index is 0.420. The van der Waals surface area contributed by atoms with Gasteiger partial charge in [-0.2, -0.15) is 5.10 Å². The van der Waals surface area contributed by atoms with E-state index in [1.807, 2.05) is 23.1 Å². The van der Waals surface area contributed by atoms with E-state index in [4.69, 9.17) is 0 Å². The number of hydrogen-bond acceptors (Lipinski definition) is 2. The van der Waals surface area contributed by atoms with Crippen LogP contribution in [-0.2, 0) is 6.54 Å². The summed E-state index contributed by atoms with van der Waals surface area (Å²) in [4.78, 5) is 0. The van der Waals surface area contributed by atoms with Gasteiger partial charge in [0.1, 0.15) is 0 Å². The zero-order valence-corrected chi connectivity index (χ0v) is 12.0. The second-order valence-corrected chi connectivity index (χ2v) is 6.59. The number of rotatable bonds is 4. The molecule has 102 valence electrons. The van der Waals surface area contributed by atoms with E-state index < -0.39 is 0 Å². The van der Waals surface area contributed by atoms with Gasteiger partial charge in [-0.1, -0.05) is 33.6 Å². The van der Waals surface area contributed by atoms with E-state index in [0.29, 0.717) is 11.5 Å². The van der Waals surface area contributed by atoms with Crippen LogP contribution in [0.3, 0.4) is 0 Å². The number of hydrogen-bond donors (Lipinski definition) is 1. The average molecular weight is 249 g/mol. The zero-order valence-electron chi connectivity index (χ0n) is 12.0. The largest absolute Gasteiger partial charge is 0.312 e. The summed E-state index contributed by atoms with van der Waals surface area (Å²) in [6, 6.07) is 2.67. The molecule has 1 heterocycles. The van der Waals surface area contributed by atoms with E-state index in [1.165, 1.54) is 25.7 Å². The van der Waals surface area contributed by atoms with Crippen molar-refractivity contribution in [2.45, 2.75) is 59.0 Å². The fourth-order valence-corrected chi connectivity index (χ4v) is 3.21. The van der Waals surface area contributed by atoms with Gasteiger partial charge in [-0.15, -0.1) is 0 Å². The highest BCUT2D eigenvalue weighted by atomic mass is 15.3. The molecule has 0 saturated heterocycles. The van der Waals surface area contributed by atoms with Crippen LogP contribution in [-0.4, -0.2) is 22.4 Å². The second-order valence-electron chi connectivity index (χ2n) is 6.59. The number of nitrogens with one attached hydrogen (secondary N) is 1. The van der Waals surface area contributed by atoms with E-state index in [2.05, 4.69) is 31.2 Å². The van der Waals surface area contributed by atoms with Gasteiger partial charge in [-0.3, -0.25) is 4.68 Å². The summed E-state index contributed by atoms with van der Waals surface area (Å²) >= 11 is 0. The first kappa shape index (κ1) is 13.6. The Morgan fingerprint density at radius 1 is 1.28 bits per heavy atom. The molecule has 1 aromatic heterocycles. The third-order valence-corrected chi connectivity index (χ3v) is 4.18. The number of aromatic nitrogens is 2. The first-order chi connectivity index (χ1) is 8.57. The van der Waals surface area contributed by atoms with Gasteiger partial charge in [-0.05, 0) is 30.2 Å². The van der Waals surface area contributed by atoms with Crippen molar-refractivity contribution in [2.75, 3.05) is 6.54 Å². The van der Waals surface area contributed by atoms with Crippen molar-refractivity contribution < 1.29 is 0 Å². The molecule has 0 aliphatic heterocycles. The molecule has 0 bridgehead atoms. The lowest BCUT2D eigenvalue weighted by molar-refractivity contribution is 0.130. The van der Waals surface area contributed by atoms with Gasteiger partial charge >= 0.3 is 0 Å². The zero-order chi connectivity index (χ0) is 13.0. The van der Waals surface area contributed by atoms with Crippen molar-refractivity contribution >= 4 is 0 Å².